The number of carbonyl (C=O) groups excluding carboxylic acids is 2. The van der Waals surface area contributed by atoms with E-state index in [1.807, 2.05) is 19.1 Å². The van der Waals surface area contributed by atoms with Gasteiger partial charge in [0.05, 0.1) is 6.61 Å². The molecular weight excluding hydrogens is 354 g/mol. The maximum atomic E-state index is 12.0. The van der Waals surface area contributed by atoms with Crippen molar-refractivity contribution in [3.8, 4) is 0 Å². The molecule has 0 radical (unpaired) electrons. The summed E-state index contributed by atoms with van der Waals surface area (Å²) in [5.41, 5.74) is 2.41. The van der Waals surface area contributed by atoms with Gasteiger partial charge in [-0.15, -0.1) is 0 Å². The van der Waals surface area contributed by atoms with E-state index in [1.54, 1.807) is 0 Å². The lowest BCUT2D eigenvalue weighted by atomic mass is 10.1. The molecular formula is C22H37N3O3. The van der Waals surface area contributed by atoms with Crippen LogP contribution in [0.2, 0.25) is 0 Å². The molecule has 0 saturated carbocycles. The number of esters is 1. The molecule has 0 aliphatic rings. The monoisotopic (exact) mass is 391 g/mol. The van der Waals surface area contributed by atoms with E-state index in [9.17, 15) is 9.59 Å². The van der Waals surface area contributed by atoms with Crippen LogP contribution in [-0.4, -0.2) is 43.1 Å². The van der Waals surface area contributed by atoms with E-state index in [1.165, 1.54) is 5.56 Å². The highest BCUT2D eigenvalue weighted by atomic mass is 16.5. The molecule has 1 rings (SSSR count). The number of nitrogens with one attached hydrogen (secondary N) is 2. The van der Waals surface area contributed by atoms with Gasteiger partial charge in [0, 0.05) is 26.1 Å². The number of carbonyl (C=O) groups is 2. The minimum Gasteiger partial charge on any atom is -0.466 e. The number of nitrogens with zero attached hydrogens (tertiary/aromatic N) is 1. The number of unbranched alkanes of at least 4 members (excludes halogenated alkanes) is 3. The highest BCUT2D eigenvalue weighted by Crippen LogP contribution is 2.11. The number of rotatable bonds is 14. The summed E-state index contributed by atoms with van der Waals surface area (Å²) in [5.74, 6) is -0.124. The van der Waals surface area contributed by atoms with Gasteiger partial charge in [-0.3, -0.25) is 9.69 Å². The van der Waals surface area contributed by atoms with E-state index in [-0.39, 0.29) is 12.0 Å². The first-order valence-electron chi connectivity index (χ1n) is 10.6. The van der Waals surface area contributed by atoms with Crippen LogP contribution in [0, 0.1) is 0 Å². The van der Waals surface area contributed by atoms with Crippen molar-refractivity contribution >= 4 is 12.0 Å². The Labute approximate surface area is 170 Å². The molecule has 0 bridgehead atoms. The largest absolute Gasteiger partial charge is 0.466 e. The zero-order valence-corrected chi connectivity index (χ0v) is 17.8. The van der Waals surface area contributed by atoms with Crippen molar-refractivity contribution in [1.29, 1.82) is 0 Å². The van der Waals surface area contributed by atoms with Gasteiger partial charge in [0.2, 0.25) is 0 Å². The highest BCUT2D eigenvalue weighted by Gasteiger charge is 2.07. The minimum atomic E-state index is -0.135. The second kappa shape index (κ2) is 14.9. The molecule has 1 aromatic carbocycles. The Morgan fingerprint density at radius 1 is 0.929 bits per heavy atom. The Kier molecular flexibility index (Phi) is 12.8. The lowest BCUT2D eigenvalue weighted by Gasteiger charge is -2.20. The molecule has 0 aliphatic heterocycles. The van der Waals surface area contributed by atoms with Crippen LogP contribution in [0.5, 0.6) is 0 Å². The fraction of sp³-hybridized carbons (Fsp3) is 0.636. The van der Waals surface area contributed by atoms with Gasteiger partial charge in [-0.1, -0.05) is 51.0 Å². The zero-order chi connectivity index (χ0) is 20.6. The zero-order valence-electron chi connectivity index (χ0n) is 17.8. The van der Waals surface area contributed by atoms with Gasteiger partial charge in [0.1, 0.15) is 0 Å². The van der Waals surface area contributed by atoms with Crippen LogP contribution in [0.1, 0.15) is 64.0 Å². The Morgan fingerprint density at radius 3 is 2.29 bits per heavy atom. The van der Waals surface area contributed by atoms with E-state index in [4.69, 9.17) is 4.74 Å². The van der Waals surface area contributed by atoms with Crippen LogP contribution < -0.4 is 10.6 Å². The Hall–Kier alpha value is -2.08. The minimum absolute atomic E-state index is 0.124. The lowest BCUT2D eigenvalue weighted by molar-refractivity contribution is -0.143. The molecule has 2 N–H and O–H groups in total. The molecule has 0 aromatic heterocycles. The summed E-state index contributed by atoms with van der Waals surface area (Å²) in [4.78, 5) is 25.6. The quantitative estimate of drug-likeness (QED) is 0.373. The van der Waals surface area contributed by atoms with Crippen LogP contribution in [0.15, 0.2) is 24.3 Å². The van der Waals surface area contributed by atoms with Gasteiger partial charge in [0.25, 0.3) is 0 Å². The third kappa shape index (κ3) is 10.3. The van der Waals surface area contributed by atoms with Gasteiger partial charge in [-0.25, -0.2) is 4.79 Å². The molecule has 6 heteroatoms. The molecule has 0 spiro atoms. The van der Waals surface area contributed by atoms with Crippen molar-refractivity contribution < 1.29 is 14.3 Å². The number of benzene rings is 1. The smallest absolute Gasteiger partial charge is 0.315 e. The summed E-state index contributed by atoms with van der Waals surface area (Å²) < 4.78 is 4.90. The Morgan fingerprint density at radius 2 is 1.61 bits per heavy atom. The average molecular weight is 392 g/mol. The molecule has 6 nitrogen and oxygen atoms in total. The molecule has 28 heavy (non-hydrogen) atoms. The standard InChI is InChI=1S/C22H37N3O3/c1-4-25(5-2)18-20-14-11-10-13-19(20)17-24-22(27)23-16-12-8-7-9-15-21(26)28-6-3/h10-11,13-14H,4-9,12,15-18H2,1-3H3,(H2,23,24,27). The van der Waals surface area contributed by atoms with Crippen molar-refractivity contribution in [1.82, 2.24) is 15.5 Å². The van der Waals surface area contributed by atoms with Crippen LogP contribution in [0.25, 0.3) is 0 Å². The third-order valence-corrected chi connectivity index (χ3v) is 4.74. The summed E-state index contributed by atoms with van der Waals surface area (Å²) in [7, 11) is 0. The first kappa shape index (κ1) is 24.0. The number of urea groups is 1. The SMILES string of the molecule is CCOC(=O)CCCCCCNC(=O)NCc1ccccc1CN(CC)CC. The maximum Gasteiger partial charge on any atom is 0.315 e. The molecule has 0 saturated heterocycles. The van der Waals surface area contributed by atoms with E-state index in [0.29, 0.717) is 26.1 Å². The second-order valence-corrected chi connectivity index (χ2v) is 6.81. The van der Waals surface area contributed by atoms with E-state index >= 15 is 0 Å². The number of hydrogen-bond acceptors (Lipinski definition) is 4. The Balaban J connectivity index is 2.21. The van der Waals surface area contributed by atoms with E-state index in [0.717, 1.165) is 50.9 Å². The maximum absolute atomic E-state index is 12.0. The van der Waals surface area contributed by atoms with Crippen LogP contribution in [-0.2, 0) is 22.6 Å². The van der Waals surface area contributed by atoms with Gasteiger partial charge in [-0.2, -0.15) is 0 Å². The second-order valence-electron chi connectivity index (χ2n) is 6.81. The van der Waals surface area contributed by atoms with E-state index < -0.39 is 0 Å². The third-order valence-electron chi connectivity index (χ3n) is 4.74. The molecule has 0 atom stereocenters. The van der Waals surface area contributed by atoms with Crippen molar-refractivity contribution in [2.75, 3.05) is 26.2 Å². The van der Waals surface area contributed by atoms with Crippen LogP contribution in [0.3, 0.4) is 0 Å². The number of amides is 2. The van der Waals surface area contributed by atoms with Crippen LogP contribution in [0.4, 0.5) is 4.79 Å². The van der Waals surface area contributed by atoms with Gasteiger partial charge < -0.3 is 15.4 Å². The Bertz CT molecular complexity index is 574. The lowest BCUT2D eigenvalue weighted by Crippen LogP contribution is -2.36. The van der Waals surface area contributed by atoms with Crippen molar-refractivity contribution in [2.24, 2.45) is 0 Å². The number of hydrogen-bond donors (Lipinski definition) is 2. The number of ether oxygens (including phenoxy) is 1. The van der Waals surface area contributed by atoms with Crippen molar-refractivity contribution in [3.63, 3.8) is 0 Å². The average Bonchev–Trinajstić information content (AvgIpc) is 2.70. The molecule has 0 unspecified atom stereocenters. The van der Waals surface area contributed by atoms with Crippen molar-refractivity contribution in [3.05, 3.63) is 35.4 Å². The predicted molar refractivity (Wildman–Crippen MR) is 113 cm³/mol. The molecule has 1 aromatic rings. The predicted octanol–water partition coefficient (Wildman–Crippen LogP) is 3.84. The van der Waals surface area contributed by atoms with Gasteiger partial charge in [-0.05, 0) is 44.0 Å². The summed E-state index contributed by atoms with van der Waals surface area (Å²) in [6.07, 6.45) is 4.20. The molecule has 0 aliphatic carbocycles. The normalized spacial score (nSPS) is 10.7. The fourth-order valence-corrected chi connectivity index (χ4v) is 2.99. The van der Waals surface area contributed by atoms with E-state index in [2.05, 4.69) is 41.5 Å². The first-order chi connectivity index (χ1) is 13.6. The van der Waals surface area contributed by atoms with Gasteiger partial charge in [0.15, 0.2) is 0 Å². The summed E-state index contributed by atoms with van der Waals surface area (Å²) in [5, 5.41) is 5.85. The fourth-order valence-electron chi connectivity index (χ4n) is 2.99. The molecule has 158 valence electrons. The molecule has 2 amide bonds. The summed E-state index contributed by atoms with van der Waals surface area (Å²) in [6, 6.07) is 8.12. The highest BCUT2D eigenvalue weighted by molar-refractivity contribution is 5.73. The molecule has 0 heterocycles. The van der Waals surface area contributed by atoms with Crippen molar-refractivity contribution in [2.45, 2.75) is 66.0 Å². The summed E-state index contributed by atoms with van der Waals surface area (Å²) in [6.45, 7) is 10.7. The molecule has 0 fully saturated rings. The first-order valence-corrected chi connectivity index (χ1v) is 10.6. The summed E-state index contributed by atoms with van der Waals surface area (Å²) >= 11 is 0. The van der Waals surface area contributed by atoms with Gasteiger partial charge >= 0.3 is 12.0 Å². The topological polar surface area (TPSA) is 70.7 Å². The van der Waals surface area contributed by atoms with Crippen LogP contribution >= 0.6 is 0 Å².